The number of methoxy groups -OCH3 is 1. The molecule has 4 nitrogen and oxygen atoms in total. The highest BCUT2D eigenvalue weighted by atomic mass is 79.9. The highest BCUT2D eigenvalue weighted by molar-refractivity contribution is 9.10. The SMILES string of the molecule is COc1ccc(Br)cc1NC(=O)CC1(O)CCCCC1. The first-order chi connectivity index (χ1) is 9.52. The van der Waals surface area contributed by atoms with Crippen molar-refractivity contribution in [1.82, 2.24) is 0 Å². The van der Waals surface area contributed by atoms with Crippen LogP contribution in [0.25, 0.3) is 0 Å². The molecule has 0 saturated heterocycles. The highest BCUT2D eigenvalue weighted by Gasteiger charge is 2.31. The van der Waals surface area contributed by atoms with E-state index in [1.165, 1.54) is 0 Å². The van der Waals surface area contributed by atoms with Gasteiger partial charge in [-0.3, -0.25) is 4.79 Å². The molecule has 0 bridgehead atoms. The zero-order valence-corrected chi connectivity index (χ0v) is 13.2. The third-order valence-electron chi connectivity index (χ3n) is 3.71. The van der Waals surface area contributed by atoms with E-state index in [4.69, 9.17) is 4.74 Å². The van der Waals surface area contributed by atoms with Gasteiger partial charge in [0.05, 0.1) is 24.8 Å². The predicted octanol–water partition coefficient (Wildman–Crippen LogP) is 3.48. The van der Waals surface area contributed by atoms with E-state index in [1.807, 2.05) is 6.07 Å². The number of carbonyl (C=O) groups excluding carboxylic acids is 1. The Hall–Kier alpha value is -1.07. The van der Waals surface area contributed by atoms with E-state index in [2.05, 4.69) is 21.2 Å². The van der Waals surface area contributed by atoms with E-state index in [1.54, 1.807) is 19.2 Å². The number of aliphatic hydroxyl groups is 1. The molecule has 0 radical (unpaired) electrons. The molecule has 1 aromatic carbocycles. The second-order valence-electron chi connectivity index (χ2n) is 5.35. The van der Waals surface area contributed by atoms with Crippen molar-refractivity contribution in [2.75, 3.05) is 12.4 Å². The smallest absolute Gasteiger partial charge is 0.227 e. The van der Waals surface area contributed by atoms with Crippen LogP contribution in [-0.2, 0) is 4.79 Å². The van der Waals surface area contributed by atoms with E-state index in [9.17, 15) is 9.90 Å². The molecule has 0 atom stereocenters. The summed E-state index contributed by atoms with van der Waals surface area (Å²) >= 11 is 3.37. The van der Waals surface area contributed by atoms with Crippen LogP contribution in [-0.4, -0.2) is 23.7 Å². The zero-order valence-electron chi connectivity index (χ0n) is 11.6. The Balaban J connectivity index is 2.02. The van der Waals surface area contributed by atoms with Crippen LogP contribution in [0.15, 0.2) is 22.7 Å². The normalized spacial score (nSPS) is 17.6. The van der Waals surface area contributed by atoms with E-state index in [-0.39, 0.29) is 12.3 Å². The molecule has 110 valence electrons. The van der Waals surface area contributed by atoms with Crippen LogP contribution in [0.5, 0.6) is 5.75 Å². The summed E-state index contributed by atoms with van der Waals surface area (Å²) in [6.07, 6.45) is 4.67. The molecule has 1 aromatic rings. The van der Waals surface area contributed by atoms with E-state index < -0.39 is 5.60 Å². The molecule has 0 unspecified atom stereocenters. The summed E-state index contributed by atoms with van der Waals surface area (Å²) in [7, 11) is 1.56. The Morgan fingerprint density at radius 2 is 2.10 bits per heavy atom. The summed E-state index contributed by atoms with van der Waals surface area (Å²) in [4.78, 5) is 12.1. The Morgan fingerprint density at radius 3 is 2.75 bits per heavy atom. The topological polar surface area (TPSA) is 58.6 Å². The number of hydrogen-bond acceptors (Lipinski definition) is 3. The second-order valence-corrected chi connectivity index (χ2v) is 6.27. The Labute approximate surface area is 127 Å². The van der Waals surface area contributed by atoms with Gasteiger partial charge in [0.1, 0.15) is 5.75 Å². The maximum absolute atomic E-state index is 12.1. The van der Waals surface area contributed by atoms with Crippen LogP contribution >= 0.6 is 15.9 Å². The molecule has 1 amide bonds. The van der Waals surface area contributed by atoms with Gasteiger partial charge in [0.25, 0.3) is 0 Å². The summed E-state index contributed by atoms with van der Waals surface area (Å²) in [5, 5.41) is 13.2. The highest BCUT2D eigenvalue weighted by Crippen LogP contribution is 2.32. The fourth-order valence-electron chi connectivity index (χ4n) is 2.66. The van der Waals surface area contributed by atoms with E-state index >= 15 is 0 Å². The summed E-state index contributed by atoms with van der Waals surface area (Å²) in [5.41, 5.74) is -0.229. The van der Waals surface area contributed by atoms with Gasteiger partial charge in [0, 0.05) is 4.47 Å². The number of carbonyl (C=O) groups is 1. The Morgan fingerprint density at radius 1 is 1.40 bits per heavy atom. The van der Waals surface area contributed by atoms with Gasteiger partial charge in [0.2, 0.25) is 5.91 Å². The molecular weight excluding hydrogens is 322 g/mol. The molecule has 2 N–H and O–H groups in total. The lowest BCUT2D eigenvalue weighted by Gasteiger charge is -2.31. The van der Waals surface area contributed by atoms with Gasteiger partial charge in [-0.25, -0.2) is 0 Å². The largest absolute Gasteiger partial charge is 0.495 e. The van der Waals surface area contributed by atoms with Crippen LogP contribution in [0.3, 0.4) is 0 Å². The monoisotopic (exact) mass is 341 g/mol. The van der Waals surface area contributed by atoms with Crippen LogP contribution in [0.1, 0.15) is 38.5 Å². The Kier molecular flexibility index (Phi) is 5.05. The molecule has 1 aliphatic carbocycles. The van der Waals surface area contributed by atoms with Crippen molar-refractivity contribution in [3.05, 3.63) is 22.7 Å². The first kappa shape index (κ1) is 15.3. The standard InChI is InChI=1S/C15H20BrNO3/c1-20-13-6-5-11(16)9-12(13)17-14(18)10-15(19)7-3-2-4-8-15/h5-6,9,19H,2-4,7-8,10H2,1H3,(H,17,18). The second kappa shape index (κ2) is 6.59. The van der Waals surface area contributed by atoms with Gasteiger partial charge < -0.3 is 15.2 Å². The van der Waals surface area contributed by atoms with Crippen molar-refractivity contribution in [1.29, 1.82) is 0 Å². The lowest BCUT2D eigenvalue weighted by molar-refractivity contribution is -0.122. The summed E-state index contributed by atoms with van der Waals surface area (Å²) < 4.78 is 6.08. The summed E-state index contributed by atoms with van der Waals surface area (Å²) in [5.74, 6) is 0.433. The minimum atomic E-state index is -0.846. The molecule has 0 spiro atoms. The molecule has 0 aromatic heterocycles. The van der Waals surface area contributed by atoms with Crippen molar-refractivity contribution < 1.29 is 14.6 Å². The van der Waals surface area contributed by atoms with Gasteiger partial charge >= 0.3 is 0 Å². The van der Waals surface area contributed by atoms with Crippen molar-refractivity contribution in [2.24, 2.45) is 0 Å². The minimum Gasteiger partial charge on any atom is -0.495 e. The summed E-state index contributed by atoms with van der Waals surface area (Å²) in [6, 6.07) is 5.43. The molecule has 20 heavy (non-hydrogen) atoms. The van der Waals surface area contributed by atoms with Crippen LogP contribution in [0.4, 0.5) is 5.69 Å². The first-order valence-corrected chi connectivity index (χ1v) is 7.67. The molecular formula is C15H20BrNO3. The third-order valence-corrected chi connectivity index (χ3v) is 4.20. The van der Waals surface area contributed by atoms with Crippen molar-refractivity contribution in [3.8, 4) is 5.75 Å². The van der Waals surface area contributed by atoms with Gasteiger partial charge in [-0.05, 0) is 31.0 Å². The van der Waals surface area contributed by atoms with Crippen LogP contribution < -0.4 is 10.1 Å². The van der Waals surface area contributed by atoms with E-state index in [0.717, 1.165) is 23.7 Å². The Bertz CT molecular complexity index is 484. The fraction of sp³-hybridized carbons (Fsp3) is 0.533. The lowest BCUT2D eigenvalue weighted by Crippen LogP contribution is -2.35. The van der Waals surface area contributed by atoms with Crippen molar-refractivity contribution >= 4 is 27.5 Å². The average Bonchev–Trinajstić information content (AvgIpc) is 2.39. The molecule has 1 saturated carbocycles. The maximum atomic E-state index is 12.1. The number of benzene rings is 1. The maximum Gasteiger partial charge on any atom is 0.227 e. The van der Waals surface area contributed by atoms with Gasteiger partial charge in [-0.2, -0.15) is 0 Å². The molecule has 1 fully saturated rings. The zero-order chi connectivity index (χ0) is 14.6. The van der Waals surface area contributed by atoms with Crippen molar-refractivity contribution in [2.45, 2.75) is 44.1 Å². The number of anilines is 1. The quantitative estimate of drug-likeness (QED) is 0.881. The van der Waals surface area contributed by atoms with Gasteiger partial charge in [-0.15, -0.1) is 0 Å². The number of ether oxygens (including phenoxy) is 1. The average molecular weight is 342 g/mol. The number of rotatable bonds is 4. The number of halogens is 1. The number of hydrogen-bond donors (Lipinski definition) is 2. The third kappa shape index (κ3) is 3.96. The van der Waals surface area contributed by atoms with Gasteiger partial charge in [-0.1, -0.05) is 35.2 Å². The molecule has 5 heteroatoms. The molecule has 0 aliphatic heterocycles. The first-order valence-electron chi connectivity index (χ1n) is 6.88. The minimum absolute atomic E-state index is 0.142. The number of amides is 1. The molecule has 0 heterocycles. The predicted molar refractivity (Wildman–Crippen MR) is 82.0 cm³/mol. The van der Waals surface area contributed by atoms with Crippen LogP contribution in [0, 0.1) is 0 Å². The lowest BCUT2D eigenvalue weighted by atomic mass is 9.82. The number of nitrogens with one attached hydrogen (secondary N) is 1. The fourth-order valence-corrected chi connectivity index (χ4v) is 3.02. The summed E-state index contributed by atoms with van der Waals surface area (Å²) in [6.45, 7) is 0. The van der Waals surface area contributed by atoms with Crippen LogP contribution in [0.2, 0.25) is 0 Å². The molecule has 2 rings (SSSR count). The van der Waals surface area contributed by atoms with E-state index in [0.29, 0.717) is 24.3 Å². The van der Waals surface area contributed by atoms with Crippen molar-refractivity contribution in [3.63, 3.8) is 0 Å². The molecule has 1 aliphatic rings. The van der Waals surface area contributed by atoms with Gasteiger partial charge in [0.15, 0.2) is 0 Å².